The molecule has 0 aliphatic heterocycles. The van der Waals surface area contributed by atoms with Gasteiger partial charge in [-0.3, -0.25) is 14.2 Å². The van der Waals surface area contributed by atoms with Crippen molar-refractivity contribution in [2.75, 3.05) is 5.32 Å². The Morgan fingerprint density at radius 3 is 2.83 bits per heavy atom. The van der Waals surface area contributed by atoms with Crippen LogP contribution in [-0.2, 0) is 11.3 Å². The molecule has 6 nitrogen and oxygen atoms in total. The summed E-state index contributed by atoms with van der Waals surface area (Å²) < 4.78 is 1.33. The fourth-order valence-electron chi connectivity index (χ4n) is 2.33. The monoisotopic (exact) mass is 328 g/mol. The average Bonchev–Trinajstić information content (AvgIpc) is 2.78. The number of nitrogens with zero attached hydrogens (tertiary/aromatic N) is 3. The molecule has 0 fully saturated rings. The van der Waals surface area contributed by atoms with Gasteiger partial charge in [0.2, 0.25) is 5.91 Å². The highest BCUT2D eigenvalue weighted by atomic mass is 32.1. The largest absolute Gasteiger partial charge is 0.309 e. The van der Waals surface area contributed by atoms with E-state index in [0.29, 0.717) is 16.0 Å². The zero-order valence-electron chi connectivity index (χ0n) is 13.1. The lowest BCUT2D eigenvalue weighted by molar-refractivity contribution is -0.116. The molecule has 1 N–H and O–H groups in total. The van der Waals surface area contributed by atoms with E-state index in [1.54, 1.807) is 6.07 Å². The van der Waals surface area contributed by atoms with Gasteiger partial charge in [-0.05, 0) is 38.5 Å². The topological polar surface area (TPSA) is 76.9 Å². The van der Waals surface area contributed by atoms with Crippen molar-refractivity contribution in [3.8, 4) is 0 Å². The molecule has 0 aliphatic rings. The summed E-state index contributed by atoms with van der Waals surface area (Å²) in [4.78, 5) is 34.9. The number of thiophene rings is 1. The lowest BCUT2D eigenvalue weighted by atomic mass is 10.2. The number of amides is 1. The van der Waals surface area contributed by atoms with Crippen LogP contribution in [0.2, 0.25) is 0 Å². The molecule has 118 valence electrons. The second kappa shape index (κ2) is 5.92. The van der Waals surface area contributed by atoms with Crippen molar-refractivity contribution in [2.45, 2.75) is 27.3 Å². The maximum absolute atomic E-state index is 12.5. The van der Waals surface area contributed by atoms with E-state index in [4.69, 9.17) is 0 Å². The van der Waals surface area contributed by atoms with Gasteiger partial charge in [-0.25, -0.2) is 9.97 Å². The molecule has 7 heteroatoms. The minimum atomic E-state index is -0.309. The molecule has 1 amide bonds. The van der Waals surface area contributed by atoms with E-state index >= 15 is 0 Å². The van der Waals surface area contributed by atoms with Crippen LogP contribution in [0.15, 0.2) is 29.3 Å². The Hall–Kier alpha value is -2.54. The number of pyridine rings is 1. The van der Waals surface area contributed by atoms with Gasteiger partial charge in [-0.15, -0.1) is 11.3 Å². The molecule has 23 heavy (non-hydrogen) atoms. The molecule has 0 unspecified atom stereocenters. The molecule has 0 radical (unpaired) electrons. The summed E-state index contributed by atoms with van der Waals surface area (Å²) in [5.41, 5.74) is 1.55. The summed E-state index contributed by atoms with van der Waals surface area (Å²) in [6.07, 6.45) is 1.42. The third-order valence-electron chi connectivity index (χ3n) is 3.63. The molecular formula is C16H16N4O2S. The van der Waals surface area contributed by atoms with Gasteiger partial charge >= 0.3 is 0 Å². The summed E-state index contributed by atoms with van der Waals surface area (Å²) in [5, 5.41) is 3.29. The van der Waals surface area contributed by atoms with Crippen molar-refractivity contribution in [1.29, 1.82) is 0 Å². The van der Waals surface area contributed by atoms with E-state index in [1.807, 2.05) is 32.9 Å². The number of aromatic nitrogens is 3. The average molecular weight is 328 g/mol. The Labute approximate surface area is 136 Å². The van der Waals surface area contributed by atoms with Crippen molar-refractivity contribution >= 4 is 33.3 Å². The second-order valence-corrected chi connectivity index (χ2v) is 6.56. The van der Waals surface area contributed by atoms with Gasteiger partial charge in [0, 0.05) is 10.6 Å². The number of nitrogens with one attached hydrogen (secondary N) is 1. The zero-order chi connectivity index (χ0) is 16.6. The Kier molecular flexibility index (Phi) is 3.96. The summed E-state index contributed by atoms with van der Waals surface area (Å²) in [7, 11) is 0. The number of rotatable bonds is 3. The number of hydrogen-bond donors (Lipinski definition) is 1. The molecule has 3 aromatic rings. The fraction of sp³-hybridized carbons (Fsp3) is 0.250. The standard InChI is InChI=1S/C16H16N4O2S/c1-9-5-4-6-12(18-9)19-13(21)7-20-8-17-15-14(16(20)22)10(2)11(3)23-15/h4-6,8H,7H2,1-3H3,(H,18,19,21). The predicted octanol–water partition coefficient (Wildman–Crippen LogP) is 2.42. The predicted molar refractivity (Wildman–Crippen MR) is 91.0 cm³/mol. The number of carbonyl (C=O) groups is 1. The van der Waals surface area contributed by atoms with E-state index in [9.17, 15) is 9.59 Å². The lowest BCUT2D eigenvalue weighted by Crippen LogP contribution is -2.28. The molecular weight excluding hydrogens is 312 g/mol. The Balaban J connectivity index is 1.86. The highest BCUT2D eigenvalue weighted by Crippen LogP contribution is 2.25. The molecule has 3 rings (SSSR count). The van der Waals surface area contributed by atoms with Gasteiger partial charge in [-0.1, -0.05) is 6.07 Å². The first-order valence-corrected chi connectivity index (χ1v) is 7.96. The molecule has 0 spiro atoms. The van der Waals surface area contributed by atoms with Crippen LogP contribution in [0.4, 0.5) is 5.82 Å². The molecule has 0 atom stereocenters. The minimum absolute atomic E-state index is 0.0915. The lowest BCUT2D eigenvalue weighted by Gasteiger charge is -2.07. The Bertz CT molecular complexity index is 958. The number of aryl methyl sites for hydroxylation is 3. The zero-order valence-corrected chi connectivity index (χ0v) is 13.9. The van der Waals surface area contributed by atoms with Gasteiger partial charge in [0.05, 0.1) is 11.7 Å². The van der Waals surface area contributed by atoms with Crippen LogP contribution in [0.1, 0.15) is 16.1 Å². The van der Waals surface area contributed by atoms with Crippen LogP contribution in [0.3, 0.4) is 0 Å². The van der Waals surface area contributed by atoms with Crippen molar-refractivity contribution in [3.05, 3.63) is 51.0 Å². The first kappa shape index (κ1) is 15.4. The smallest absolute Gasteiger partial charge is 0.262 e. The summed E-state index contributed by atoms with van der Waals surface area (Å²) in [5.74, 6) is 0.163. The highest BCUT2D eigenvalue weighted by molar-refractivity contribution is 7.18. The van der Waals surface area contributed by atoms with Gasteiger partial charge in [-0.2, -0.15) is 0 Å². The number of fused-ring (bicyclic) bond motifs is 1. The van der Waals surface area contributed by atoms with Crippen LogP contribution in [0.25, 0.3) is 10.2 Å². The number of anilines is 1. The summed E-state index contributed by atoms with van der Waals surface area (Å²) in [6, 6.07) is 5.37. The minimum Gasteiger partial charge on any atom is -0.309 e. The van der Waals surface area contributed by atoms with Gasteiger partial charge < -0.3 is 5.32 Å². The third kappa shape index (κ3) is 3.00. The maximum atomic E-state index is 12.5. The molecule has 0 aromatic carbocycles. The molecule has 3 aromatic heterocycles. The SMILES string of the molecule is Cc1cccc(NC(=O)Cn2cnc3sc(C)c(C)c3c2=O)n1. The molecule has 0 saturated carbocycles. The van der Waals surface area contributed by atoms with Gasteiger partial charge in [0.15, 0.2) is 0 Å². The fourth-order valence-corrected chi connectivity index (χ4v) is 3.32. The van der Waals surface area contributed by atoms with Crippen LogP contribution < -0.4 is 10.9 Å². The van der Waals surface area contributed by atoms with E-state index < -0.39 is 0 Å². The third-order valence-corrected chi connectivity index (χ3v) is 4.74. The number of carbonyl (C=O) groups excluding carboxylic acids is 1. The van der Waals surface area contributed by atoms with Crippen LogP contribution in [0, 0.1) is 20.8 Å². The first-order valence-electron chi connectivity index (χ1n) is 7.14. The van der Waals surface area contributed by atoms with E-state index in [2.05, 4.69) is 15.3 Å². The summed E-state index contributed by atoms with van der Waals surface area (Å²) in [6.45, 7) is 5.62. The molecule has 0 aliphatic carbocycles. The summed E-state index contributed by atoms with van der Waals surface area (Å²) >= 11 is 1.49. The van der Waals surface area contributed by atoms with Crippen molar-refractivity contribution in [1.82, 2.24) is 14.5 Å². The maximum Gasteiger partial charge on any atom is 0.262 e. The number of hydrogen-bond acceptors (Lipinski definition) is 5. The van der Waals surface area contributed by atoms with Crippen LogP contribution in [-0.4, -0.2) is 20.4 Å². The van der Waals surface area contributed by atoms with Crippen LogP contribution >= 0.6 is 11.3 Å². The normalized spacial score (nSPS) is 10.9. The van der Waals surface area contributed by atoms with Crippen molar-refractivity contribution < 1.29 is 4.79 Å². The van der Waals surface area contributed by atoms with Crippen molar-refractivity contribution in [2.24, 2.45) is 0 Å². The van der Waals surface area contributed by atoms with E-state index in [1.165, 1.54) is 22.2 Å². The quantitative estimate of drug-likeness (QED) is 0.801. The van der Waals surface area contributed by atoms with Crippen LogP contribution in [0.5, 0.6) is 0 Å². The second-order valence-electron chi connectivity index (χ2n) is 5.35. The highest BCUT2D eigenvalue weighted by Gasteiger charge is 2.13. The van der Waals surface area contributed by atoms with E-state index in [-0.39, 0.29) is 18.0 Å². The van der Waals surface area contributed by atoms with Gasteiger partial charge in [0.1, 0.15) is 17.2 Å². The van der Waals surface area contributed by atoms with Crippen molar-refractivity contribution in [3.63, 3.8) is 0 Å². The molecule has 0 saturated heterocycles. The van der Waals surface area contributed by atoms with E-state index in [0.717, 1.165) is 16.1 Å². The Morgan fingerprint density at radius 2 is 2.09 bits per heavy atom. The molecule has 0 bridgehead atoms. The first-order chi connectivity index (χ1) is 11.0. The van der Waals surface area contributed by atoms with Gasteiger partial charge in [0.25, 0.3) is 5.56 Å². The Morgan fingerprint density at radius 1 is 1.30 bits per heavy atom. The molecule has 3 heterocycles.